The molecule has 2 atom stereocenters. The van der Waals surface area contributed by atoms with E-state index < -0.39 is 16.6 Å². The summed E-state index contributed by atoms with van der Waals surface area (Å²) >= 11 is -2.31. The molecule has 0 rings (SSSR count). The van der Waals surface area contributed by atoms with Crippen LogP contribution in [0.5, 0.6) is 0 Å². The molecule has 0 aliphatic carbocycles. The van der Waals surface area contributed by atoms with Crippen LogP contribution in [0.3, 0.4) is 0 Å². The molecule has 0 aliphatic rings. The van der Waals surface area contributed by atoms with Crippen LogP contribution in [0.4, 0.5) is 4.39 Å². The highest BCUT2D eigenvalue weighted by Crippen LogP contribution is 2.07. The molecule has 0 heterocycles. The summed E-state index contributed by atoms with van der Waals surface area (Å²) in [7, 11) is 0. The van der Waals surface area contributed by atoms with Gasteiger partial charge in [0.25, 0.3) is 0 Å². The summed E-state index contributed by atoms with van der Waals surface area (Å²) in [6, 6.07) is 0. The van der Waals surface area contributed by atoms with Crippen LogP contribution in [0, 0.1) is 5.92 Å². The molecule has 8 heavy (non-hydrogen) atoms. The maximum Gasteiger partial charge on any atom is 0.202 e. The summed E-state index contributed by atoms with van der Waals surface area (Å²) < 4.78 is 30.1. The molecule has 1 N–H and O–H groups in total. The van der Waals surface area contributed by atoms with Gasteiger partial charge < -0.3 is 4.55 Å². The van der Waals surface area contributed by atoms with E-state index in [1.807, 2.05) is 0 Å². The van der Waals surface area contributed by atoms with E-state index in [2.05, 4.69) is 0 Å². The van der Waals surface area contributed by atoms with Gasteiger partial charge in [-0.15, -0.1) is 0 Å². The molecule has 4 heteroatoms. The number of halogens is 1. The Hall–Kier alpha value is 0.0400. The Labute approximate surface area is 50.4 Å². The highest BCUT2D eigenvalue weighted by atomic mass is 32.2. The van der Waals surface area contributed by atoms with Gasteiger partial charge in [0.15, 0.2) is 11.1 Å². The molecular weight excluding hydrogens is 131 g/mol. The number of hydrogen-bond donors (Lipinski definition) is 1. The van der Waals surface area contributed by atoms with Crippen LogP contribution in [-0.4, -0.2) is 14.3 Å². The second-order valence-electron chi connectivity index (χ2n) is 1.87. The van der Waals surface area contributed by atoms with E-state index in [4.69, 9.17) is 4.55 Å². The van der Waals surface area contributed by atoms with Gasteiger partial charge in [0, 0.05) is 0 Å². The molecule has 0 aromatic heterocycles. The summed E-state index contributed by atoms with van der Waals surface area (Å²) in [6.07, 6.45) is 0. The van der Waals surface area contributed by atoms with Crippen molar-refractivity contribution in [1.82, 2.24) is 0 Å². The number of hydrogen-bond acceptors (Lipinski definition) is 1. The molecule has 2 unspecified atom stereocenters. The SMILES string of the molecule is CC(C)C(F)S(=O)O. The van der Waals surface area contributed by atoms with Gasteiger partial charge in [-0.05, 0) is 5.92 Å². The average molecular weight is 140 g/mol. The largest absolute Gasteiger partial charge is 0.304 e. The van der Waals surface area contributed by atoms with Crippen molar-refractivity contribution >= 4 is 11.1 Å². The van der Waals surface area contributed by atoms with Crippen LogP contribution in [0.2, 0.25) is 0 Å². The van der Waals surface area contributed by atoms with Crippen LogP contribution in [0.25, 0.3) is 0 Å². The van der Waals surface area contributed by atoms with Crippen molar-refractivity contribution in [3.05, 3.63) is 0 Å². The van der Waals surface area contributed by atoms with E-state index in [9.17, 15) is 8.60 Å². The second kappa shape index (κ2) is 3.14. The van der Waals surface area contributed by atoms with Crippen LogP contribution in [0.1, 0.15) is 13.8 Å². The van der Waals surface area contributed by atoms with E-state index in [1.54, 1.807) is 13.8 Å². The zero-order valence-electron chi connectivity index (χ0n) is 4.80. The van der Waals surface area contributed by atoms with E-state index in [-0.39, 0.29) is 5.92 Å². The molecule has 0 amide bonds. The minimum Gasteiger partial charge on any atom is -0.304 e. The van der Waals surface area contributed by atoms with Crippen molar-refractivity contribution in [3.63, 3.8) is 0 Å². The molecule has 0 bridgehead atoms. The van der Waals surface area contributed by atoms with Crippen LogP contribution < -0.4 is 0 Å². The molecule has 0 aliphatic heterocycles. The first-order chi connectivity index (χ1) is 3.55. The quantitative estimate of drug-likeness (QED) is 0.584. The Morgan fingerprint density at radius 2 is 2.00 bits per heavy atom. The van der Waals surface area contributed by atoms with Crippen molar-refractivity contribution in [2.45, 2.75) is 19.4 Å². The third kappa shape index (κ3) is 2.37. The first-order valence-corrected chi connectivity index (χ1v) is 3.46. The molecule has 0 spiro atoms. The van der Waals surface area contributed by atoms with Gasteiger partial charge in [-0.2, -0.15) is 0 Å². The van der Waals surface area contributed by atoms with Crippen LogP contribution in [0.15, 0.2) is 0 Å². The molecule has 0 saturated carbocycles. The van der Waals surface area contributed by atoms with E-state index in [0.29, 0.717) is 0 Å². The fourth-order valence-corrected chi connectivity index (χ4v) is 0.698. The molecule has 0 aromatic carbocycles. The Morgan fingerprint density at radius 3 is 2.00 bits per heavy atom. The van der Waals surface area contributed by atoms with E-state index in [0.717, 1.165) is 0 Å². The lowest BCUT2D eigenvalue weighted by atomic mass is 10.3. The lowest BCUT2D eigenvalue weighted by molar-refractivity contribution is 0.334. The van der Waals surface area contributed by atoms with E-state index in [1.165, 1.54) is 0 Å². The molecule has 0 radical (unpaired) electrons. The molecule has 50 valence electrons. The van der Waals surface area contributed by atoms with E-state index >= 15 is 0 Å². The van der Waals surface area contributed by atoms with Gasteiger partial charge in [-0.25, -0.2) is 8.60 Å². The van der Waals surface area contributed by atoms with Crippen LogP contribution in [-0.2, 0) is 11.1 Å². The minimum absolute atomic E-state index is 0.374. The fraction of sp³-hybridized carbons (Fsp3) is 1.00. The zero-order chi connectivity index (χ0) is 6.73. The Bertz CT molecular complexity index is 94.0. The Balaban J connectivity index is 3.64. The highest BCUT2D eigenvalue weighted by molar-refractivity contribution is 7.79. The number of rotatable bonds is 2. The highest BCUT2D eigenvalue weighted by Gasteiger charge is 2.16. The van der Waals surface area contributed by atoms with Gasteiger partial charge in [-0.1, -0.05) is 13.8 Å². The summed E-state index contributed by atoms with van der Waals surface area (Å²) in [5.41, 5.74) is -1.60. The first kappa shape index (κ1) is 8.04. The monoisotopic (exact) mass is 140 g/mol. The van der Waals surface area contributed by atoms with Crippen LogP contribution >= 0.6 is 0 Å². The third-order valence-corrected chi connectivity index (χ3v) is 1.65. The maximum absolute atomic E-state index is 12.1. The second-order valence-corrected chi connectivity index (χ2v) is 2.87. The van der Waals surface area contributed by atoms with Crippen molar-refractivity contribution in [2.75, 3.05) is 0 Å². The lowest BCUT2D eigenvalue weighted by Gasteiger charge is -2.04. The van der Waals surface area contributed by atoms with Crippen molar-refractivity contribution in [3.8, 4) is 0 Å². The van der Waals surface area contributed by atoms with Gasteiger partial charge in [0.2, 0.25) is 5.50 Å². The van der Waals surface area contributed by atoms with Gasteiger partial charge >= 0.3 is 0 Å². The third-order valence-electron chi connectivity index (χ3n) is 0.717. The smallest absolute Gasteiger partial charge is 0.202 e. The minimum atomic E-state index is -2.31. The normalized spacial score (nSPS) is 18.6. The van der Waals surface area contributed by atoms with Gasteiger partial charge in [-0.3, -0.25) is 0 Å². The number of alkyl halides is 1. The first-order valence-electron chi connectivity index (χ1n) is 2.29. The average Bonchev–Trinajstić information content (AvgIpc) is 1.64. The molecule has 2 nitrogen and oxygen atoms in total. The summed E-state index contributed by atoms with van der Waals surface area (Å²) in [5.74, 6) is -0.374. The Morgan fingerprint density at radius 1 is 1.62 bits per heavy atom. The fourth-order valence-electron chi connectivity index (χ4n) is 0.233. The summed E-state index contributed by atoms with van der Waals surface area (Å²) in [4.78, 5) is 0. The predicted octanol–water partition coefficient (Wildman–Crippen LogP) is 1.16. The summed E-state index contributed by atoms with van der Waals surface area (Å²) in [5, 5.41) is 0. The topological polar surface area (TPSA) is 37.3 Å². The maximum atomic E-state index is 12.1. The Kier molecular flexibility index (Phi) is 3.16. The zero-order valence-corrected chi connectivity index (χ0v) is 5.61. The van der Waals surface area contributed by atoms with Gasteiger partial charge in [0.05, 0.1) is 0 Å². The molecular formula is C4H9FO2S. The molecule has 0 aromatic rings. The van der Waals surface area contributed by atoms with Crippen molar-refractivity contribution in [1.29, 1.82) is 0 Å². The standard InChI is InChI=1S/C4H9FO2S/c1-3(2)4(5)8(6)7/h3-4H,1-2H3,(H,6,7). The predicted molar refractivity (Wildman–Crippen MR) is 30.5 cm³/mol. The summed E-state index contributed by atoms with van der Waals surface area (Å²) in [6.45, 7) is 3.11. The molecule has 0 saturated heterocycles. The van der Waals surface area contributed by atoms with Crippen molar-refractivity contribution < 1.29 is 13.2 Å². The lowest BCUT2D eigenvalue weighted by Crippen LogP contribution is -2.14. The van der Waals surface area contributed by atoms with Gasteiger partial charge in [0.1, 0.15) is 0 Å². The van der Waals surface area contributed by atoms with Crippen molar-refractivity contribution in [2.24, 2.45) is 5.92 Å². The molecule has 0 fully saturated rings.